The third-order valence-corrected chi connectivity index (χ3v) is 4.77. The molecule has 1 amide bonds. The molecule has 0 fully saturated rings. The van der Waals surface area contributed by atoms with Crippen molar-refractivity contribution in [2.75, 3.05) is 25.3 Å². The standard InChI is InChI=1S/C20H19NO3S/c1-23-16-8-10-18(19(12-16)24-2)21-20(22)13-25-17-9-7-14-5-3-4-6-15(14)11-17/h3-12H,13H2,1-2H3,(H,21,22). The molecule has 0 bridgehead atoms. The van der Waals surface area contributed by atoms with Crippen molar-refractivity contribution < 1.29 is 14.3 Å². The number of rotatable bonds is 6. The van der Waals surface area contributed by atoms with E-state index in [0.29, 0.717) is 22.9 Å². The van der Waals surface area contributed by atoms with Crippen molar-refractivity contribution in [2.24, 2.45) is 0 Å². The van der Waals surface area contributed by atoms with E-state index in [9.17, 15) is 4.79 Å². The normalized spacial score (nSPS) is 10.5. The summed E-state index contributed by atoms with van der Waals surface area (Å²) in [5.74, 6) is 1.50. The summed E-state index contributed by atoms with van der Waals surface area (Å²) >= 11 is 1.51. The number of fused-ring (bicyclic) bond motifs is 1. The van der Waals surface area contributed by atoms with Gasteiger partial charge in [-0.25, -0.2) is 0 Å². The van der Waals surface area contributed by atoms with Crippen molar-refractivity contribution in [2.45, 2.75) is 4.90 Å². The summed E-state index contributed by atoms with van der Waals surface area (Å²) in [6.45, 7) is 0. The van der Waals surface area contributed by atoms with Crippen molar-refractivity contribution >= 4 is 34.1 Å². The fraction of sp³-hybridized carbons (Fsp3) is 0.150. The predicted octanol–water partition coefficient (Wildman–Crippen LogP) is 4.59. The minimum absolute atomic E-state index is 0.0818. The van der Waals surface area contributed by atoms with Gasteiger partial charge in [0, 0.05) is 11.0 Å². The summed E-state index contributed by atoms with van der Waals surface area (Å²) in [4.78, 5) is 13.3. The van der Waals surface area contributed by atoms with E-state index in [4.69, 9.17) is 9.47 Å². The summed E-state index contributed by atoms with van der Waals surface area (Å²) in [7, 11) is 3.15. The third-order valence-electron chi connectivity index (χ3n) is 3.77. The van der Waals surface area contributed by atoms with Crippen LogP contribution in [0, 0.1) is 0 Å². The highest BCUT2D eigenvalue weighted by Crippen LogP contribution is 2.29. The van der Waals surface area contributed by atoms with Crippen LogP contribution in [0.15, 0.2) is 65.6 Å². The van der Waals surface area contributed by atoms with Crippen LogP contribution in [0.5, 0.6) is 11.5 Å². The van der Waals surface area contributed by atoms with E-state index in [1.54, 1.807) is 32.4 Å². The van der Waals surface area contributed by atoms with Gasteiger partial charge in [-0.15, -0.1) is 11.8 Å². The van der Waals surface area contributed by atoms with Crippen molar-refractivity contribution in [1.82, 2.24) is 0 Å². The number of amides is 1. The highest BCUT2D eigenvalue weighted by molar-refractivity contribution is 8.00. The topological polar surface area (TPSA) is 47.6 Å². The monoisotopic (exact) mass is 353 g/mol. The van der Waals surface area contributed by atoms with Gasteiger partial charge in [0.25, 0.3) is 0 Å². The number of hydrogen-bond acceptors (Lipinski definition) is 4. The Morgan fingerprint density at radius 1 is 0.960 bits per heavy atom. The summed E-state index contributed by atoms with van der Waals surface area (Å²) < 4.78 is 10.5. The Kier molecular flexibility index (Phi) is 5.46. The molecule has 0 unspecified atom stereocenters. The van der Waals surface area contributed by atoms with Gasteiger partial charge in [-0.1, -0.05) is 30.3 Å². The van der Waals surface area contributed by atoms with Crippen LogP contribution < -0.4 is 14.8 Å². The first kappa shape index (κ1) is 17.2. The molecule has 0 spiro atoms. The summed E-state index contributed by atoms with van der Waals surface area (Å²) in [5.41, 5.74) is 0.632. The zero-order valence-electron chi connectivity index (χ0n) is 14.1. The Hall–Kier alpha value is -2.66. The quantitative estimate of drug-likeness (QED) is 0.659. The van der Waals surface area contributed by atoms with Crippen LogP contribution in [0.3, 0.4) is 0 Å². The minimum atomic E-state index is -0.0818. The van der Waals surface area contributed by atoms with E-state index in [2.05, 4.69) is 29.6 Å². The number of nitrogens with one attached hydrogen (secondary N) is 1. The van der Waals surface area contributed by atoms with E-state index in [1.807, 2.05) is 18.2 Å². The number of carbonyl (C=O) groups excluding carboxylic acids is 1. The summed E-state index contributed by atoms with van der Waals surface area (Å²) in [6.07, 6.45) is 0. The molecule has 25 heavy (non-hydrogen) atoms. The van der Waals surface area contributed by atoms with Crippen molar-refractivity contribution in [1.29, 1.82) is 0 Å². The molecule has 0 heterocycles. The summed E-state index contributed by atoms with van der Waals surface area (Å²) in [6, 6.07) is 19.7. The molecule has 0 aliphatic carbocycles. The van der Waals surface area contributed by atoms with E-state index in [1.165, 1.54) is 22.5 Å². The second kappa shape index (κ2) is 7.94. The molecule has 0 aliphatic rings. The van der Waals surface area contributed by atoms with Gasteiger partial charge in [0.1, 0.15) is 11.5 Å². The molecular formula is C20H19NO3S. The molecule has 0 saturated heterocycles. The lowest BCUT2D eigenvalue weighted by Gasteiger charge is -2.11. The number of thioether (sulfide) groups is 1. The maximum atomic E-state index is 12.3. The van der Waals surface area contributed by atoms with Crippen LogP contribution in [0.4, 0.5) is 5.69 Å². The maximum Gasteiger partial charge on any atom is 0.234 e. The average Bonchev–Trinajstić information content (AvgIpc) is 2.66. The van der Waals surface area contributed by atoms with Crippen molar-refractivity contribution in [3.05, 3.63) is 60.7 Å². The Balaban J connectivity index is 1.64. The molecular weight excluding hydrogens is 334 g/mol. The largest absolute Gasteiger partial charge is 0.497 e. The molecule has 0 radical (unpaired) electrons. The molecule has 128 valence electrons. The Morgan fingerprint density at radius 2 is 1.76 bits per heavy atom. The number of ether oxygens (including phenoxy) is 2. The molecule has 0 saturated carbocycles. The minimum Gasteiger partial charge on any atom is -0.497 e. The second-order valence-corrected chi connectivity index (χ2v) is 6.46. The lowest BCUT2D eigenvalue weighted by molar-refractivity contribution is -0.113. The SMILES string of the molecule is COc1ccc(NC(=O)CSc2ccc3ccccc3c2)c(OC)c1. The van der Waals surface area contributed by atoms with Gasteiger partial charge in [0.2, 0.25) is 5.91 Å². The Morgan fingerprint density at radius 3 is 2.52 bits per heavy atom. The average molecular weight is 353 g/mol. The number of hydrogen-bond donors (Lipinski definition) is 1. The molecule has 0 atom stereocenters. The van der Waals surface area contributed by atoms with Crippen LogP contribution >= 0.6 is 11.8 Å². The first-order chi connectivity index (χ1) is 12.2. The van der Waals surface area contributed by atoms with Crippen molar-refractivity contribution in [3.63, 3.8) is 0 Å². The Bertz CT molecular complexity index is 895. The van der Waals surface area contributed by atoms with Crippen LogP contribution in [0.2, 0.25) is 0 Å². The molecule has 0 aliphatic heterocycles. The molecule has 0 aromatic heterocycles. The second-order valence-electron chi connectivity index (χ2n) is 5.41. The smallest absolute Gasteiger partial charge is 0.234 e. The predicted molar refractivity (Wildman–Crippen MR) is 103 cm³/mol. The van der Waals surface area contributed by atoms with Gasteiger partial charge >= 0.3 is 0 Å². The number of methoxy groups -OCH3 is 2. The number of anilines is 1. The lowest BCUT2D eigenvalue weighted by Crippen LogP contribution is -2.14. The zero-order valence-corrected chi connectivity index (χ0v) is 14.9. The Labute approximate surface area is 151 Å². The van der Waals surface area contributed by atoms with Gasteiger partial charge in [-0.05, 0) is 35.0 Å². The van der Waals surface area contributed by atoms with Gasteiger partial charge in [-0.2, -0.15) is 0 Å². The molecule has 4 nitrogen and oxygen atoms in total. The molecule has 5 heteroatoms. The lowest BCUT2D eigenvalue weighted by atomic mass is 10.1. The highest BCUT2D eigenvalue weighted by atomic mass is 32.2. The van der Waals surface area contributed by atoms with Crippen LogP contribution in [-0.2, 0) is 4.79 Å². The van der Waals surface area contributed by atoms with E-state index >= 15 is 0 Å². The zero-order chi connectivity index (χ0) is 17.6. The first-order valence-corrected chi connectivity index (χ1v) is 8.81. The van der Waals surface area contributed by atoms with Gasteiger partial charge < -0.3 is 14.8 Å². The number of carbonyl (C=O) groups is 1. The van der Waals surface area contributed by atoms with E-state index in [-0.39, 0.29) is 5.91 Å². The number of benzene rings is 3. The van der Waals surface area contributed by atoms with Gasteiger partial charge in [-0.3, -0.25) is 4.79 Å². The molecule has 1 N–H and O–H groups in total. The van der Waals surface area contributed by atoms with Crippen LogP contribution in [0.25, 0.3) is 10.8 Å². The molecule has 3 aromatic rings. The van der Waals surface area contributed by atoms with Crippen LogP contribution in [-0.4, -0.2) is 25.9 Å². The van der Waals surface area contributed by atoms with Gasteiger partial charge in [0.05, 0.1) is 25.7 Å². The highest BCUT2D eigenvalue weighted by Gasteiger charge is 2.09. The fourth-order valence-electron chi connectivity index (χ4n) is 2.49. The maximum absolute atomic E-state index is 12.3. The van der Waals surface area contributed by atoms with Crippen LogP contribution in [0.1, 0.15) is 0 Å². The van der Waals surface area contributed by atoms with Crippen molar-refractivity contribution in [3.8, 4) is 11.5 Å². The molecule has 3 rings (SSSR count). The first-order valence-electron chi connectivity index (χ1n) is 7.83. The summed E-state index contributed by atoms with van der Waals surface area (Å²) in [5, 5.41) is 5.24. The van der Waals surface area contributed by atoms with E-state index in [0.717, 1.165) is 4.90 Å². The fourth-order valence-corrected chi connectivity index (χ4v) is 3.24. The van der Waals surface area contributed by atoms with E-state index < -0.39 is 0 Å². The third kappa shape index (κ3) is 4.25. The molecule has 3 aromatic carbocycles. The van der Waals surface area contributed by atoms with Gasteiger partial charge in [0.15, 0.2) is 0 Å².